The molecular weight excluding hydrogens is 308 g/mol. The van der Waals surface area contributed by atoms with Gasteiger partial charge in [-0.3, -0.25) is 9.78 Å². The highest BCUT2D eigenvalue weighted by Gasteiger charge is 2.27. The molecule has 24 heavy (non-hydrogen) atoms. The van der Waals surface area contributed by atoms with E-state index in [9.17, 15) is 9.59 Å². The van der Waals surface area contributed by atoms with Crippen molar-refractivity contribution in [3.63, 3.8) is 0 Å². The maximum Gasteiger partial charge on any atom is 0.340 e. The van der Waals surface area contributed by atoms with Gasteiger partial charge in [0.15, 0.2) is 0 Å². The predicted molar refractivity (Wildman–Crippen MR) is 88.1 cm³/mol. The summed E-state index contributed by atoms with van der Waals surface area (Å²) in [5, 5.41) is 9.70. The highest BCUT2D eigenvalue weighted by atomic mass is 16.2. The number of anilines is 1. The summed E-state index contributed by atoms with van der Waals surface area (Å²) in [4.78, 5) is 33.0. The maximum absolute atomic E-state index is 12.7. The molecule has 2 aromatic heterocycles. The van der Waals surface area contributed by atoms with E-state index in [1.54, 1.807) is 6.07 Å². The lowest BCUT2D eigenvalue weighted by atomic mass is 9.96. The smallest absolute Gasteiger partial charge is 0.340 e. The lowest BCUT2D eigenvalue weighted by Crippen LogP contribution is -2.38. The van der Waals surface area contributed by atoms with Crippen molar-refractivity contribution in [2.75, 3.05) is 25.0 Å². The molecule has 126 valence electrons. The van der Waals surface area contributed by atoms with Crippen molar-refractivity contribution in [3.8, 4) is 0 Å². The number of amides is 1. The van der Waals surface area contributed by atoms with Crippen LogP contribution in [0.5, 0.6) is 0 Å². The van der Waals surface area contributed by atoms with E-state index in [0.717, 1.165) is 43.6 Å². The van der Waals surface area contributed by atoms with Crippen LogP contribution in [0.2, 0.25) is 0 Å². The number of pyridine rings is 1. The molecule has 2 aliphatic heterocycles. The van der Waals surface area contributed by atoms with E-state index < -0.39 is 0 Å². The average Bonchev–Trinajstić information content (AvgIpc) is 3.07. The van der Waals surface area contributed by atoms with Gasteiger partial charge in [-0.05, 0) is 37.8 Å². The summed E-state index contributed by atoms with van der Waals surface area (Å²) >= 11 is 0. The minimum atomic E-state index is -0.282. The van der Waals surface area contributed by atoms with Crippen LogP contribution >= 0.6 is 0 Å². The van der Waals surface area contributed by atoms with Crippen LogP contribution in [0.15, 0.2) is 16.9 Å². The number of aromatic nitrogens is 4. The van der Waals surface area contributed by atoms with Crippen LogP contribution in [0.3, 0.4) is 0 Å². The van der Waals surface area contributed by atoms with Crippen LogP contribution in [-0.2, 0) is 6.42 Å². The Hall–Kier alpha value is -2.64. The molecule has 0 aromatic carbocycles. The van der Waals surface area contributed by atoms with Crippen molar-refractivity contribution >= 4 is 11.6 Å². The zero-order valence-corrected chi connectivity index (χ0v) is 13.3. The molecule has 0 unspecified atom stereocenters. The molecule has 4 heterocycles. The third-order valence-electron chi connectivity index (χ3n) is 4.79. The summed E-state index contributed by atoms with van der Waals surface area (Å²) in [6, 6.07) is 3.76. The molecule has 1 fully saturated rings. The number of carbonyl (C=O) groups is 1. The number of hydrogen-bond donors (Lipinski definition) is 3. The number of hydrogen-bond acceptors (Lipinski definition) is 5. The van der Waals surface area contributed by atoms with Gasteiger partial charge in [0.05, 0.1) is 11.4 Å². The van der Waals surface area contributed by atoms with Crippen molar-refractivity contribution in [2.45, 2.75) is 31.6 Å². The molecule has 0 saturated carbocycles. The van der Waals surface area contributed by atoms with E-state index in [4.69, 9.17) is 0 Å². The number of aromatic amines is 2. The SMILES string of the molecule is O=C(c1ccc2c(n1)CCCN2)N1CCC(c2n[nH]c(=O)[nH]2)CC1. The number of nitrogens with one attached hydrogen (secondary N) is 3. The average molecular weight is 328 g/mol. The molecule has 1 saturated heterocycles. The summed E-state index contributed by atoms with van der Waals surface area (Å²) in [7, 11) is 0. The number of piperidine rings is 1. The van der Waals surface area contributed by atoms with Crippen LogP contribution in [0.25, 0.3) is 0 Å². The normalized spacial score (nSPS) is 18.1. The Balaban J connectivity index is 1.43. The molecule has 3 N–H and O–H groups in total. The van der Waals surface area contributed by atoms with Crippen LogP contribution in [-0.4, -0.2) is 50.6 Å². The Bertz CT molecular complexity index is 803. The summed E-state index contributed by atoms with van der Waals surface area (Å²) in [5.74, 6) is 0.858. The van der Waals surface area contributed by atoms with Gasteiger partial charge in [-0.1, -0.05) is 0 Å². The monoisotopic (exact) mass is 328 g/mol. The third-order valence-corrected chi connectivity index (χ3v) is 4.79. The Morgan fingerprint density at radius 2 is 2.08 bits per heavy atom. The number of likely N-dealkylation sites (tertiary alicyclic amines) is 1. The van der Waals surface area contributed by atoms with Gasteiger partial charge in [-0.15, -0.1) is 0 Å². The number of rotatable bonds is 2. The predicted octanol–water partition coefficient (Wildman–Crippen LogP) is 0.871. The molecule has 4 rings (SSSR count). The first kappa shape index (κ1) is 14.9. The van der Waals surface area contributed by atoms with Gasteiger partial charge in [0.25, 0.3) is 5.91 Å². The van der Waals surface area contributed by atoms with E-state index in [1.807, 2.05) is 11.0 Å². The first-order valence-electron chi connectivity index (χ1n) is 8.38. The van der Waals surface area contributed by atoms with E-state index >= 15 is 0 Å². The Morgan fingerprint density at radius 1 is 1.25 bits per heavy atom. The fourth-order valence-electron chi connectivity index (χ4n) is 3.45. The summed E-state index contributed by atoms with van der Waals surface area (Å²) in [5.41, 5.74) is 2.26. The van der Waals surface area contributed by atoms with E-state index in [-0.39, 0.29) is 17.5 Å². The second-order valence-corrected chi connectivity index (χ2v) is 6.35. The van der Waals surface area contributed by atoms with E-state index in [1.165, 1.54) is 0 Å². The van der Waals surface area contributed by atoms with Gasteiger partial charge in [0.1, 0.15) is 11.5 Å². The lowest BCUT2D eigenvalue weighted by molar-refractivity contribution is 0.0705. The highest BCUT2D eigenvalue weighted by molar-refractivity contribution is 5.92. The molecule has 0 aliphatic carbocycles. The van der Waals surface area contributed by atoms with Crippen LogP contribution in [0.1, 0.15) is 47.2 Å². The summed E-state index contributed by atoms with van der Waals surface area (Å²) in [6.07, 6.45) is 3.54. The highest BCUT2D eigenvalue weighted by Crippen LogP contribution is 2.26. The number of H-pyrrole nitrogens is 2. The standard InChI is InChI=1S/C16H20N6O2/c23-15(13-4-3-11-12(18-13)2-1-7-17-11)22-8-5-10(6-9-22)14-19-16(24)21-20-14/h3-4,10,17H,1-2,5-9H2,(H2,19,20,21,24). The fourth-order valence-corrected chi connectivity index (χ4v) is 3.45. The molecule has 8 nitrogen and oxygen atoms in total. The number of aryl methyl sites for hydroxylation is 1. The van der Waals surface area contributed by atoms with Crippen LogP contribution in [0, 0.1) is 0 Å². The molecule has 1 amide bonds. The third kappa shape index (κ3) is 2.79. The van der Waals surface area contributed by atoms with Gasteiger partial charge >= 0.3 is 5.69 Å². The first-order chi connectivity index (χ1) is 11.7. The number of fused-ring (bicyclic) bond motifs is 1. The first-order valence-corrected chi connectivity index (χ1v) is 8.38. The lowest BCUT2D eigenvalue weighted by Gasteiger charge is -2.31. The van der Waals surface area contributed by atoms with Crippen LogP contribution < -0.4 is 11.0 Å². The van der Waals surface area contributed by atoms with E-state index in [2.05, 4.69) is 25.5 Å². The maximum atomic E-state index is 12.7. The Morgan fingerprint density at radius 3 is 2.83 bits per heavy atom. The molecule has 0 spiro atoms. The zero-order valence-electron chi connectivity index (χ0n) is 13.3. The van der Waals surface area contributed by atoms with Crippen molar-refractivity contribution in [1.82, 2.24) is 25.1 Å². The second kappa shape index (κ2) is 6.10. The summed E-state index contributed by atoms with van der Waals surface area (Å²) in [6.45, 7) is 2.26. The van der Waals surface area contributed by atoms with Crippen molar-refractivity contribution in [3.05, 3.63) is 39.8 Å². The number of nitrogens with zero attached hydrogens (tertiary/aromatic N) is 3. The van der Waals surface area contributed by atoms with Gasteiger partial charge in [0.2, 0.25) is 0 Å². The number of carbonyl (C=O) groups excluding carboxylic acids is 1. The second-order valence-electron chi connectivity index (χ2n) is 6.35. The Kier molecular flexibility index (Phi) is 3.79. The van der Waals surface area contributed by atoms with Gasteiger partial charge < -0.3 is 10.2 Å². The van der Waals surface area contributed by atoms with Crippen LogP contribution in [0.4, 0.5) is 5.69 Å². The molecule has 2 aromatic rings. The molecule has 0 radical (unpaired) electrons. The Labute approximate surface area is 138 Å². The molecule has 0 atom stereocenters. The van der Waals surface area contributed by atoms with Crippen molar-refractivity contribution < 1.29 is 4.79 Å². The minimum absolute atomic E-state index is 0.0163. The largest absolute Gasteiger partial charge is 0.384 e. The van der Waals surface area contributed by atoms with Gasteiger partial charge in [-0.25, -0.2) is 14.9 Å². The molecular formula is C16H20N6O2. The van der Waals surface area contributed by atoms with Crippen molar-refractivity contribution in [1.29, 1.82) is 0 Å². The van der Waals surface area contributed by atoms with Gasteiger partial charge in [-0.2, -0.15) is 5.10 Å². The topological polar surface area (TPSA) is 107 Å². The quantitative estimate of drug-likeness (QED) is 0.758. The minimum Gasteiger partial charge on any atom is -0.384 e. The van der Waals surface area contributed by atoms with Gasteiger partial charge in [0, 0.05) is 25.6 Å². The van der Waals surface area contributed by atoms with Crippen molar-refractivity contribution in [2.24, 2.45) is 0 Å². The fraction of sp³-hybridized carbons (Fsp3) is 0.500. The molecule has 8 heteroatoms. The zero-order chi connectivity index (χ0) is 16.5. The molecule has 2 aliphatic rings. The molecule has 0 bridgehead atoms. The van der Waals surface area contributed by atoms with E-state index in [0.29, 0.717) is 24.6 Å². The summed E-state index contributed by atoms with van der Waals surface area (Å²) < 4.78 is 0.